The van der Waals surface area contributed by atoms with Crippen molar-refractivity contribution in [2.24, 2.45) is 5.73 Å². The van der Waals surface area contributed by atoms with E-state index in [1.54, 1.807) is 43.3 Å². The van der Waals surface area contributed by atoms with Crippen LogP contribution in [0.15, 0.2) is 47.4 Å². The second-order valence-electron chi connectivity index (χ2n) is 4.87. The van der Waals surface area contributed by atoms with Crippen LogP contribution in [0, 0.1) is 19.3 Å². The molecule has 6 heteroatoms. The molecule has 0 unspecified atom stereocenters. The van der Waals surface area contributed by atoms with Gasteiger partial charge < -0.3 is 5.73 Å². The van der Waals surface area contributed by atoms with E-state index in [9.17, 15) is 8.42 Å². The van der Waals surface area contributed by atoms with Crippen LogP contribution in [0.4, 0.5) is 5.69 Å². The van der Waals surface area contributed by atoms with Crippen molar-refractivity contribution in [1.82, 2.24) is 0 Å². The zero-order valence-electron chi connectivity index (χ0n) is 11.8. The van der Waals surface area contributed by atoms with E-state index in [1.165, 1.54) is 0 Å². The molecule has 21 heavy (non-hydrogen) atoms. The molecular weight excluding hydrogens is 286 g/mol. The zero-order valence-corrected chi connectivity index (χ0v) is 12.7. The molecule has 0 aromatic heterocycles. The van der Waals surface area contributed by atoms with E-state index < -0.39 is 10.0 Å². The summed E-state index contributed by atoms with van der Waals surface area (Å²) in [5.74, 6) is -0.106. The Labute approximate surface area is 124 Å². The molecule has 2 aromatic rings. The molecule has 0 amide bonds. The summed E-state index contributed by atoms with van der Waals surface area (Å²) in [6.07, 6.45) is 0. The lowest BCUT2D eigenvalue weighted by atomic mass is 10.1. The molecule has 0 aliphatic rings. The molecule has 2 rings (SSSR count). The molecule has 4 N–H and O–H groups in total. The molecule has 0 radical (unpaired) electrons. The van der Waals surface area contributed by atoms with Gasteiger partial charge in [0, 0.05) is 5.56 Å². The predicted molar refractivity (Wildman–Crippen MR) is 84.2 cm³/mol. The van der Waals surface area contributed by atoms with Crippen LogP contribution in [0.1, 0.15) is 16.7 Å². The minimum atomic E-state index is -3.66. The SMILES string of the molecule is Cc1cccc(S(=O)(=O)Nc2cc(C(=N)N)ccc2C)c1. The van der Waals surface area contributed by atoms with E-state index in [-0.39, 0.29) is 10.7 Å². The molecule has 0 atom stereocenters. The number of benzene rings is 2. The fourth-order valence-corrected chi connectivity index (χ4v) is 3.11. The molecule has 110 valence electrons. The van der Waals surface area contributed by atoms with E-state index in [0.717, 1.165) is 11.1 Å². The van der Waals surface area contributed by atoms with Gasteiger partial charge in [-0.1, -0.05) is 24.3 Å². The van der Waals surface area contributed by atoms with Gasteiger partial charge in [0.05, 0.1) is 10.6 Å². The Morgan fingerprint density at radius 1 is 1.14 bits per heavy atom. The Bertz CT molecular complexity index is 798. The largest absolute Gasteiger partial charge is 0.384 e. The van der Waals surface area contributed by atoms with Crippen molar-refractivity contribution in [2.75, 3.05) is 4.72 Å². The van der Waals surface area contributed by atoms with Gasteiger partial charge in [0.1, 0.15) is 5.84 Å². The maximum Gasteiger partial charge on any atom is 0.261 e. The molecule has 0 fully saturated rings. The number of aryl methyl sites for hydroxylation is 2. The standard InChI is InChI=1S/C15H17N3O2S/c1-10-4-3-5-13(8-10)21(19,20)18-14-9-12(15(16)17)7-6-11(14)2/h3-9,18H,1-2H3,(H3,16,17). The van der Waals surface area contributed by atoms with Gasteiger partial charge >= 0.3 is 0 Å². The fourth-order valence-electron chi connectivity index (χ4n) is 1.89. The Hall–Kier alpha value is -2.34. The van der Waals surface area contributed by atoms with Crippen LogP contribution < -0.4 is 10.5 Å². The van der Waals surface area contributed by atoms with Crippen LogP contribution in [0.5, 0.6) is 0 Å². The average Bonchev–Trinajstić information content (AvgIpc) is 2.41. The van der Waals surface area contributed by atoms with Crippen molar-refractivity contribution in [3.8, 4) is 0 Å². The highest BCUT2D eigenvalue weighted by molar-refractivity contribution is 7.92. The third-order valence-corrected chi connectivity index (χ3v) is 4.46. The van der Waals surface area contributed by atoms with E-state index in [0.29, 0.717) is 11.3 Å². The van der Waals surface area contributed by atoms with E-state index in [4.69, 9.17) is 11.1 Å². The lowest BCUT2D eigenvalue weighted by molar-refractivity contribution is 0.601. The van der Waals surface area contributed by atoms with E-state index >= 15 is 0 Å². The van der Waals surface area contributed by atoms with Gasteiger partial charge in [-0.15, -0.1) is 0 Å². The molecule has 0 aliphatic carbocycles. The van der Waals surface area contributed by atoms with Gasteiger partial charge in [0.2, 0.25) is 0 Å². The van der Waals surface area contributed by atoms with Gasteiger partial charge in [0.25, 0.3) is 10.0 Å². The van der Waals surface area contributed by atoms with Crippen LogP contribution in [-0.4, -0.2) is 14.3 Å². The van der Waals surface area contributed by atoms with Gasteiger partial charge in [-0.3, -0.25) is 10.1 Å². The fraction of sp³-hybridized carbons (Fsp3) is 0.133. The summed E-state index contributed by atoms with van der Waals surface area (Å²) in [6.45, 7) is 3.62. The second kappa shape index (κ2) is 5.57. The van der Waals surface area contributed by atoms with Crippen molar-refractivity contribution in [3.05, 3.63) is 59.2 Å². The monoisotopic (exact) mass is 303 g/mol. The quantitative estimate of drug-likeness (QED) is 0.597. The van der Waals surface area contributed by atoms with Gasteiger partial charge in [-0.2, -0.15) is 0 Å². The highest BCUT2D eigenvalue weighted by Gasteiger charge is 2.15. The Morgan fingerprint density at radius 3 is 2.48 bits per heavy atom. The molecule has 0 saturated heterocycles. The van der Waals surface area contributed by atoms with Crippen LogP contribution in [0.2, 0.25) is 0 Å². The first-order chi connectivity index (χ1) is 9.79. The first kappa shape index (κ1) is 15.1. The zero-order chi connectivity index (χ0) is 15.6. The predicted octanol–water partition coefficient (Wildman–Crippen LogP) is 2.39. The molecule has 0 heterocycles. The number of anilines is 1. The molecular formula is C15H17N3O2S. The molecule has 0 spiro atoms. The van der Waals surface area contributed by atoms with Crippen molar-refractivity contribution < 1.29 is 8.42 Å². The normalized spacial score (nSPS) is 11.1. The molecule has 5 nitrogen and oxygen atoms in total. The number of rotatable bonds is 4. The molecule has 0 aliphatic heterocycles. The lowest BCUT2D eigenvalue weighted by Gasteiger charge is -2.12. The van der Waals surface area contributed by atoms with Crippen LogP contribution >= 0.6 is 0 Å². The number of nitrogen functional groups attached to an aromatic ring is 1. The highest BCUT2D eigenvalue weighted by Crippen LogP contribution is 2.21. The van der Waals surface area contributed by atoms with Crippen molar-refractivity contribution >= 4 is 21.5 Å². The highest BCUT2D eigenvalue weighted by atomic mass is 32.2. The summed E-state index contributed by atoms with van der Waals surface area (Å²) in [4.78, 5) is 0.204. The van der Waals surface area contributed by atoms with Crippen molar-refractivity contribution in [1.29, 1.82) is 5.41 Å². The van der Waals surface area contributed by atoms with Crippen LogP contribution in [0.25, 0.3) is 0 Å². The number of nitrogens with one attached hydrogen (secondary N) is 2. The van der Waals surface area contributed by atoms with Crippen molar-refractivity contribution in [2.45, 2.75) is 18.7 Å². The first-order valence-corrected chi connectivity index (χ1v) is 7.82. The van der Waals surface area contributed by atoms with Crippen LogP contribution in [-0.2, 0) is 10.0 Å². The smallest absolute Gasteiger partial charge is 0.261 e. The summed E-state index contributed by atoms with van der Waals surface area (Å²) in [5, 5.41) is 7.43. The summed E-state index contributed by atoms with van der Waals surface area (Å²) < 4.78 is 27.3. The number of amidine groups is 1. The Balaban J connectivity index is 2.41. The average molecular weight is 303 g/mol. The Morgan fingerprint density at radius 2 is 1.86 bits per heavy atom. The minimum Gasteiger partial charge on any atom is -0.384 e. The first-order valence-electron chi connectivity index (χ1n) is 6.34. The minimum absolute atomic E-state index is 0.106. The number of sulfonamides is 1. The number of hydrogen-bond donors (Lipinski definition) is 3. The molecule has 0 bridgehead atoms. The maximum absolute atomic E-state index is 12.4. The third-order valence-electron chi connectivity index (χ3n) is 3.09. The van der Waals surface area contributed by atoms with Gasteiger partial charge in [-0.25, -0.2) is 8.42 Å². The Kier molecular flexibility index (Phi) is 3.99. The summed E-state index contributed by atoms with van der Waals surface area (Å²) in [6, 6.07) is 11.6. The van der Waals surface area contributed by atoms with Gasteiger partial charge in [0.15, 0.2) is 0 Å². The van der Waals surface area contributed by atoms with Crippen LogP contribution in [0.3, 0.4) is 0 Å². The molecule has 0 saturated carbocycles. The van der Waals surface area contributed by atoms with E-state index in [2.05, 4.69) is 4.72 Å². The topological polar surface area (TPSA) is 96.0 Å². The van der Waals surface area contributed by atoms with Gasteiger partial charge in [-0.05, 0) is 43.2 Å². The van der Waals surface area contributed by atoms with E-state index in [1.807, 2.05) is 13.0 Å². The summed E-state index contributed by atoms with van der Waals surface area (Å²) in [5.41, 5.74) is 7.96. The van der Waals surface area contributed by atoms with Crippen molar-refractivity contribution in [3.63, 3.8) is 0 Å². The summed E-state index contributed by atoms with van der Waals surface area (Å²) in [7, 11) is -3.66. The molecule has 2 aromatic carbocycles. The third kappa shape index (κ3) is 3.41. The second-order valence-corrected chi connectivity index (χ2v) is 6.55. The summed E-state index contributed by atoms with van der Waals surface area (Å²) >= 11 is 0. The lowest BCUT2D eigenvalue weighted by Crippen LogP contribution is -2.16. The number of nitrogens with two attached hydrogens (primary N) is 1. The maximum atomic E-state index is 12.4. The number of hydrogen-bond acceptors (Lipinski definition) is 3.